The van der Waals surface area contributed by atoms with E-state index >= 15 is 0 Å². The normalized spacial score (nSPS) is 15.1. The maximum absolute atomic E-state index is 3.35. The first-order valence-electron chi connectivity index (χ1n) is 17.0. The summed E-state index contributed by atoms with van der Waals surface area (Å²) in [5.41, 5.74) is 10.5. The van der Waals surface area contributed by atoms with E-state index in [1.165, 1.54) is 62.2 Å². The number of fused-ring (bicyclic) bond motifs is 4. The molecule has 0 aliphatic carbocycles. The molecule has 0 saturated carbocycles. The van der Waals surface area contributed by atoms with Crippen LogP contribution < -0.4 is 38.9 Å². The molecule has 0 amide bonds. The van der Waals surface area contributed by atoms with Gasteiger partial charge >= 0.3 is 288 Å². The van der Waals surface area contributed by atoms with Crippen molar-refractivity contribution in [3.05, 3.63) is 193 Å². The Morgan fingerprint density at radius 1 is 0.438 bits per heavy atom. The van der Waals surface area contributed by atoms with Crippen LogP contribution in [0.4, 0.5) is 17.1 Å². The summed E-state index contributed by atoms with van der Waals surface area (Å²) in [5.74, 6) is 0. The fourth-order valence-corrected chi connectivity index (χ4v) is 19.8. The van der Waals surface area contributed by atoms with E-state index in [1.807, 2.05) is 0 Å². The molecule has 9 rings (SSSR count). The summed E-state index contributed by atoms with van der Waals surface area (Å²) in [5, 5.41) is 0. The van der Waals surface area contributed by atoms with Crippen LogP contribution in [0.25, 0.3) is 0 Å². The third-order valence-corrected chi connectivity index (χ3v) is 21.2. The van der Waals surface area contributed by atoms with Gasteiger partial charge in [0, 0.05) is 0 Å². The predicted octanol–water partition coefficient (Wildman–Crippen LogP) is 6.00. The van der Waals surface area contributed by atoms with Crippen molar-refractivity contribution < 1.29 is 0 Å². The van der Waals surface area contributed by atoms with Gasteiger partial charge in [0.1, 0.15) is 0 Å². The number of nitrogens with zero attached hydrogens (tertiary/aromatic N) is 1. The average Bonchev–Trinajstić information content (AvgIpc) is 3.15. The first-order valence-corrected chi connectivity index (χ1v) is 21.2. The SMILES string of the molecule is CC1(C)c2ccccc2N(c2ccc(B3c4cccc[c]4[Ge]([c]4ccccc4)([c]4ccccc4)[c]4ccccc43)cc2)c2ccccc21. The Morgan fingerprint density at radius 2 is 0.854 bits per heavy atom. The van der Waals surface area contributed by atoms with Crippen molar-refractivity contribution in [3.63, 3.8) is 0 Å². The average molecular weight is 674 g/mol. The van der Waals surface area contributed by atoms with Crippen molar-refractivity contribution in [2.45, 2.75) is 19.3 Å². The number of para-hydroxylation sites is 2. The summed E-state index contributed by atoms with van der Waals surface area (Å²) < 4.78 is 6.01. The van der Waals surface area contributed by atoms with Crippen molar-refractivity contribution in [1.29, 1.82) is 0 Å². The van der Waals surface area contributed by atoms with Gasteiger partial charge < -0.3 is 0 Å². The van der Waals surface area contributed by atoms with E-state index in [1.54, 1.807) is 0 Å². The van der Waals surface area contributed by atoms with E-state index in [0.717, 1.165) is 0 Å². The van der Waals surface area contributed by atoms with Crippen LogP contribution in [-0.4, -0.2) is 20.0 Å². The van der Waals surface area contributed by atoms with E-state index in [4.69, 9.17) is 0 Å². The molecule has 0 N–H and O–H groups in total. The van der Waals surface area contributed by atoms with Crippen molar-refractivity contribution in [3.8, 4) is 0 Å². The van der Waals surface area contributed by atoms with Gasteiger partial charge in [-0.05, 0) is 0 Å². The zero-order valence-corrected chi connectivity index (χ0v) is 29.4. The number of hydrogen-bond donors (Lipinski definition) is 0. The monoisotopic (exact) mass is 675 g/mol. The van der Waals surface area contributed by atoms with Gasteiger partial charge in [-0.1, -0.05) is 0 Å². The second kappa shape index (κ2) is 11.3. The van der Waals surface area contributed by atoms with E-state index in [9.17, 15) is 0 Å². The number of rotatable bonds is 4. The van der Waals surface area contributed by atoms with Crippen molar-refractivity contribution in [2.24, 2.45) is 0 Å². The van der Waals surface area contributed by atoms with E-state index in [-0.39, 0.29) is 12.1 Å². The molecule has 1 nitrogen and oxygen atoms in total. The summed E-state index contributed by atoms with van der Waals surface area (Å²) >= 11 is -3.35. The second-order valence-corrected chi connectivity index (χ2v) is 21.5. The van der Waals surface area contributed by atoms with Crippen molar-refractivity contribution in [2.75, 3.05) is 4.90 Å². The Hall–Kier alpha value is -5.05. The molecule has 0 bridgehead atoms. The molecule has 0 unspecified atom stereocenters. The first kappa shape index (κ1) is 29.1. The van der Waals surface area contributed by atoms with Gasteiger partial charge in [0.15, 0.2) is 0 Å². The summed E-state index contributed by atoms with van der Waals surface area (Å²) in [6.45, 7) is 4.84. The van der Waals surface area contributed by atoms with Crippen molar-refractivity contribution in [1.82, 2.24) is 0 Å². The molecule has 0 radical (unpaired) electrons. The van der Waals surface area contributed by atoms with Gasteiger partial charge in [-0.2, -0.15) is 0 Å². The minimum atomic E-state index is -3.35. The molecule has 7 aromatic carbocycles. The maximum atomic E-state index is 2.45. The second-order valence-electron chi connectivity index (χ2n) is 13.7. The van der Waals surface area contributed by atoms with Crippen LogP contribution in [0, 0.1) is 0 Å². The molecular weight excluding hydrogens is 638 g/mol. The number of hydrogen-bond acceptors (Lipinski definition) is 1. The van der Waals surface area contributed by atoms with E-state index in [0.29, 0.717) is 0 Å². The summed E-state index contributed by atoms with van der Waals surface area (Å²) in [4.78, 5) is 2.45. The molecule has 0 fully saturated rings. The van der Waals surface area contributed by atoms with Crippen LogP contribution in [0.2, 0.25) is 0 Å². The topological polar surface area (TPSA) is 3.24 Å². The Bertz CT molecular complexity index is 2140. The van der Waals surface area contributed by atoms with Crippen LogP contribution in [-0.2, 0) is 5.41 Å². The molecule has 2 aliphatic heterocycles. The summed E-state index contributed by atoms with van der Waals surface area (Å²) in [6.07, 6.45) is 0. The Kier molecular flexibility index (Phi) is 6.84. The van der Waals surface area contributed by atoms with Crippen molar-refractivity contribution >= 4 is 71.0 Å². The third-order valence-electron chi connectivity index (χ3n) is 10.9. The van der Waals surface area contributed by atoms with Gasteiger partial charge in [-0.15, -0.1) is 0 Å². The first-order chi connectivity index (χ1) is 23.6. The zero-order valence-electron chi connectivity index (χ0n) is 27.3. The Balaban J connectivity index is 1.23. The molecule has 0 aromatic heterocycles. The van der Waals surface area contributed by atoms with Crippen LogP contribution in [0.5, 0.6) is 0 Å². The summed E-state index contributed by atoms with van der Waals surface area (Å²) in [6, 6.07) is 68.6. The molecule has 2 heterocycles. The molecule has 0 saturated heterocycles. The van der Waals surface area contributed by atoms with E-state index < -0.39 is 13.3 Å². The van der Waals surface area contributed by atoms with Gasteiger partial charge in [-0.25, -0.2) is 0 Å². The number of benzene rings is 7. The molecule has 0 spiro atoms. The standard InChI is InChI=1S/C45H36BGeN/c1-45(2)37-21-9-15-27-43(37)48(44-28-16-10-22-38(44)45)36-31-29-33(30-32-36)46-39-23-11-13-25-41(39)47(34-17-5-3-6-18-34,35-19-7-4-8-20-35)42-26-14-12-24-40(42)46/h3-32H,1-2H3. The molecule has 7 aromatic rings. The summed E-state index contributed by atoms with van der Waals surface area (Å²) in [7, 11) is 0. The molecule has 228 valence electrons. The minimum absolute atomic E-state index is 0.0750. The molecule has 2 aliphatic rings. The van der Waals surface area contributed by atoms with E-state index in [2.05, 4.69) is 201 Å². The van der Waals surface area contributed by atoms with Crippen LogP contribution in [0.3, 0.4) is 0 Å². The van der Waals surface area contributed by atoms with Crippen LogP contribution in [0.1, 0.15) is 25.0 Å². The molecule has 48 heavy (non-hydrogen) atoms. The fraction of sp³-hybridized carbons (Fsp3) is 0.0667. The van der Waals surface area contributed by atoms with Gasteiger partial charge in [0.25, 0.3) is 0 Å². The molecule has 0 atom stereocenters. The predicted molar refractivity (Wildman–Crippen MR) is 208 cm³/mol. The van der Waals surface area contributed by atoms with Gasteiger partial charge in [-0.3, -0.25) is 0 Å². The van der Waals surface area contributed by atoms with Gasteiger partial charge in [0.2, 0.25) is 0 Å². The Labute approximate surface area is 287 Å². The zero-order chi connectivity index (χ0) is 32.3. The third kappa shape index (κ3) is 4.19. The Morgan fingerprint density at radius 3 is 1.35 bits per heavy atom. The number of anilines is 3. The van der Waals surface area contributed by atoms with Crippen LogP contribution in [0.15, 0.2) is 182 Å². The molecular formula is C45H36BGeN. The molecule has 3 heteroatoms. The van der Waals surface area contributed by atoms with Crippen LogP contribution >= 0.6 is 0 Å². The van der Waals surface area contributed by atoms with Gasteiger partial charge in [0.05, 0.1) is 0 Å². The quantitative estimate of drug-likeness (QED) is 0.207. The fourth-order valence-electron chi connectivity index (χ4n) is 8.78.